The first-order valence-corrected chi connectivity index (χ1v) is 12.2. The van der Waals surface area contributed by atoms with Crippen LogP contribution in [0.15, 0.2) is 71.6 Å². The van der Waals surface area contributed by atoms with Gasteiger partial charge in [0.25, 0.3) is 0 Å². The number of nitrogens with zero attached hydrogens (tertiary/aromatic N) is 2. The van der Waals surface area contributed by atoms with Crippen molar-refractivity contribution in [3.63, 3.8) is 0 Å². The highest BCUT2D eigenvalue weighted by molar-refractivity contribution is 7.89. The molecule has 2 heterocycles. The Labute approximate surface area is 197 Å². The molecule has 0 saturated heterocycles. The van der Waals surface area contributed by atoms with Gasteiger partial charge in [0.15, 0.2) is 11.5 Å². The van der Waals surface area contributed by atoms with Gasteiger partial charge in [-0.15, -0.1) is 0 Å². The molecular weight excluding hydrogens is 454 g/mol. The van der Waals surface area contributed by atoms with Crippen LogP contribution < -0.4 is 14.8 Å². The van der Waals surface area contributed by atoms with Gasteiger partial charge in [0.1, 0.15) is 19.3 Å². The molecule has 0 radical (unpaired) electrons. The number of carbonyl (C=O) groups is 1. The largest absolute Gasteiger partial charge is 0.486 e. The number of hydrogen-bond donors (Lipinski definition) is 1. The summed E-state index contributed by atoms with van der Waals surface area (Å²) in [5, 5.41) is 11.8. The molecule has 0 aliphatic carbocycles. The number of nitrogens with one attached hydrogen (secondary N) is 1. The van der Waals surface area contributed by atoms with Crippen molar-refractivity contribution in [2.75, 3.05) is 18.5 Å². The zero-order valence-electron chi connectivity index (χ0n) is 18.1. The smallest absolute Gasteiger partial charge is 0.244 e. The first kappa shape index (κ1) is 21.9. The van der Waals surface area contributed by atoms with Crippen LogP contribution in [0.4, 0.5) is 5.69 Å². The van der Waals surface area contributed by atoms with Gasteiger partial charge in [0.2, 0.25) is 15.9 Å². The molecule has 1 atom stereocenters. The number of ether oxygens (including phenoxy) is 2. The van der Waals surface area contributed by atoms with Gasteiger partial charge in [-0.3, -0.25) is 4.79 Å². The van der Waals surface area contributed by atoms with Gasteiger partial charge in [-0.1, -0.05) is 24.3 Å². The normalized spacial score (nSPS) is 17.3. The zero-order chi connectivity index (χ0) is 23.7. The quantitative estimate of drug-likeness (QED) is 0.621. The van der Waals surface area contributed by atoms with Crippen LogP contribution in [0.3, 0.4) is 0 Å². The summed E-state index contributed by atoms with van der Waals surface area (Å²) in [6.45, 7) is 0.807. The Morgan fingerprint density at radius 1 is 0.971 bits per heavy atom. The van der Waals surface area contributed by atoms with E-state index in [2.05, 4.69) is 5.32 Å². The minimum absolute atomic E-state index is 0.0345. The van der Waals surface area contributed by atoms with Crippen molar-refractivity contribution in [2.45, 2.75) is 23.9 Å². The second-order valence-corrected chi connectivity index (χ2v) is 9.91. The molecule has 9 heteroatoms. The minimum atomic E-state index is -4.04. The predicted octanol–water partition coefficient (Wildman–Crippen LogP) is 3.08. The van der Waals surface area contributed by atoms with Gasteiger partial charge in [-0.25, -0.2) is 8.42 Å². The van der Waals surface area contributed by atoms with Gasteiger partial charge in [-0.2, -0.15) is 9.57 Å². The van der Waals surface area contributed by atoms with Gasteiger partial charge in [-0.05, 0) is 53.9 Å². The number of fused-ring (bicyclic) bond motifs is 2. The molecule has 172 valence electrons. The molecule has 0 aromatic heterocycles. The van der Waals surface area contributed by atoms with Crippen LogP contribution in [0.5, 0.6) is 11.5 Å². The van der Waals surface area contributed by atoms with Crippen molar-refractivity contribution in [3.05, 3.63) is 83.4 Å². The van der Waals surface area contributed by atoms with Gasteiger partial charge in [0.05, 0.1) is 16.5 Å². The number of hydrogen-bond acceptors (Lipinski definition) is 6. The SMILES string of the molecule is N#Cc1ccc(NC(=O)[C@@H]2Cc3ccccc3CN2S(=O)(=O)c2ccc3c(c2)OCCO3)cc1. The molecule has 0 unspecified atom stereocenters. The van der Waals surface area contributed by atoms with E-state index in [9.17, 15) is 13.2 Å². The van der Waals surface area contributed by atoms with E-state index >= 15 is 0 Å². The van der Waals surface area contributed by atoms with E-state index in [4.69, 9.17) is 14.7 Å². The fraction of sp³-hybridized carbons (Fsp3) is 0.200. The van der Waals surface area contributed by atoms with Crippen LogP contribution >= 0.6 is 0 Å². The summed E-state index contributed by atoms with van der Waals surface area (Å²) in [6, 6.07) is 19.5. The third-order valence-corrected chi connectivity index (χ3v) is 7.76. The van der Waals surface area contributed by atoms with E-state index in [1.165, 1.54) is 16.4 Å². The number of anilines is 1. The molecule has 8 nitrogen and oxygen atoms in total. The number of benzene rings is 3. The van der Waals surface area contributed by atoms with E-state index in [0.29, 0.717) is 36.0 Å². The molecule has 0 bridgehead atoms. The Kier molecular flexibility index (Phi) is 5.69. The molecule has 2 aliphatic rings. The number of sulfonamides is 1. The van der Waals surface area contributed by atoms with Crippen LogP contribution in [-0.2, 0) is 27.8 Å². The van der Waals surface area contributed by atoms with Crippen molar-refractivity contribution in [1.82, 2.24) is 4.31 Å². The molecule has 1 amide bonds. The Balaban J connectivity index is 1.49. The fourth-order valence-corrected chi connectivity index (χ4v) is 5.73. The zero-order valence-corrected chi connectivity index (χ0v) is 18.9. The standard InChI is InChI=1S/C25H21N3O5S/c26-15-17-5-7-20(8-6-17)27-25(29)22-13-18-3-1-2-4-19(18)16-28(22)34(30,31)21-9-10-23-24(14-21)33-12-11-32-23/h1-10,14,22H,11-13,16H2,(H,27,29)/t22-/m0/s1. The highest BCUT2D eigenvalue weighted by Gasteiger charge is 2.40. The lowest BCUT2D eigenvalue weighted by molar-refractivity contribution is -0.120. The Morgan fingerprint density at radius 3 is 2.41 bits per heavy atom. The van der Waals surface area contributed by atoms with Crippen molar-refractivity contribution in [2.24, 2.45) is 0 Å². The van der Waals surface area contributed by atoms with Crippen molar-refractivity contribution < 1.29 is 22.7 Å². The topological polar surface area (TPSA) is 109 Å². The van der Waals surface area contributed by atoms with Crippen LogP contribution in [0.1, 0.15) is 16.7 Å². The van der Waals surface area contributed by atoms with E-state index in [-0.39, 0.29) is 17.9 Å². The maximum Gasteiger partial charge on any atom is 0.244 e. The van der Waals surface area contributed by atoms with Crippen LogP contribution in [-0.4, -0.2) is 37.9 Å². The highest BCUT2D eigenvalue weighted by atomic mass is 32.2. The summed E-state index contributed by atoms with van der Waals surface area (Å²) in [5.74, 6) is 0.410. The van der Waals surface area contributed by atoms with E-state index in [1.54, 1.807) is 30.3 Å². The summed E-state index contributed by atoms with van der Waals surface area (Å²) < 4.78 is 39.8. The number of amides is 1. The summed E-state index contributed by atoms with van der Waals surface area (Å²) in [5.41, 5.74) is 2.73. The molecule has 0 saturated carbocycles. The third-order valence-electron chi connectivity index (χ3n) is 5.91. The summed E-state index contributed by atoms with van der Waals surface area (Å²) in [4.78, 5) is 13.4. The third kappa shape index (κ3) is 4.09. The van der Waals surface area contributed by atoms with Gasteiger partial charge < -0.3 is 14.8 Å². The molecular formula is C25H21N3O5S. The van der Waals surface area contributed by atoms with Gasteiger partial charge in [0, 0.05) is 18.3 Å². The first-order valence-electron chi connectivity index (χ1n) is 10.7. The maximum atomic E-state index is 13.7. The average Bonchev–Trinajstić information content (AvgIpc) is 2.88. The molecule has 0 fully saturated rings. The number of nitriles is 1. The van der Waals surface area contributed by atoms with Crippen molar-refractivity contribution in [3.8, 4) is 17.6 Å². The second-order valence-electron chi connectivity index (χ2n) is 8.02. The number of carbonyl (C=O) groups excluding carboxylic acids is 1. The summed E-state index contributed by atoms with van der Waals surface area (Å²) in [6.07, 6.45) is 0.238. The Morgan fingerprint density at radius 2 is 1.68 bits per heavy atom. The Hall–Kier alpha value is -3.87. The summed E-state index contributed by atoms with van der Waals surface area (Å²) in [7, 11) is -4.04. The minimum Gasteiger partial charge on any atom is -0.486 e. The first-order chi connectivity index (χ1) is 16.5. The molecule has 3 aromatic carbocycles. The van der Waals surface area contributed by atoms with Crippen LogP contribution in [0.25, 0.3) is 0 Å². The molecule has 34 heavy (non-hydrogen) atoms. The molecule has 5 rings (SSSR count). The van der Waals surface area contributed by atoms with Crippen molar-refractivity contribution in [1.29, 1.82) is 5.26 Å². The van der Waals surface area contributed by atoms with E-state index in [1.807, 2.05) is 30.3 Å². The van der Waals surface area contributed by atoms with Crippen LogP contribution in [0, 0.1) is 11.3 Å². The highest BCUT2D eigenvalue weighted by Crippen LogP contribution is 2.35. The molecule has 0 spiro atoms. The van der Waals surface area contributed by atoms with Crippen molar-refractivity contribution >= 4 is 21.6 Å². The lowest BCUT2D eigenvalue weighted by Crippen LogP contribution is -2.50. The fourth-order valence-electron chi connectivity index (χ4n) is 4.15. The maximum absolute atomic E-state index is 13.7. The number of rotatable bonds is 4. The monoisotopic (exact) mass is 475 g/mol. The van der Waals surface area contributed by atoms with Crippen LogP contribution in [0.2, 0.25) is 0 Å². The molecule has 3 aromatic rings. The van der Waals surface area contributed by atoms with E-state index in [0.717, 1.165) is 11.1 Å². The molecule has 1 N–H and O–H groups in total. The predicted molar refractivity (Wildman–Crippen MR) is 124 cm³/mol. The summed E-state index contributed by atoms with van der Waals surface area (Å²) >= 11 is 0. The van der Waals surface area contributed by atoms with E-state index < -0.39 is 22.0 Å². The molecule has 2 aliphatic heterocycles. The Bertz CT molecular complexity index is 1400. The average molecular weight is 476 g/mol. The van der Waals surface area contributed by atoms with Gasteiger partial charge >= 0.3 is 0 Å². The second kappa shape index (κ2) is 8.82. The lowest BCUT2D eigenvalue weighted by Gasteiger charge is -2.35. The lowest BCUT2D eigenvalue weighted by atomic mass is 9.95.